The molecule has 0 bridgehead atoms. The Bertz CT molecular complexity index is 1120. The van der Waals surface area contributed by atoms with Crippen molar-refractivity contribution in [3.05, 3.63) is 59.2 Å². The van der Waals surface area contributed by atoms with Crippen LogP contribution in [0, 0.1) is 12.8 Å². The summed E-state index contributed by atoms with van der Waals surface area (Å²) in [4.78, 5) is 25.2. The molecule has 1 aliphatic carbocycles. The van der Waals surface area contributed by atoms with Crippen molar-refractivity contribution in [2.75, 3.05) is 17.8 Å². The van der Waals surface area contributed by atoms with E-state index in [1.54, 1.807) is 11.8 Å². The topological polar surface area (TPSA) is 78.4 Å². The molecule has 2 aromatic rings. The molecule has 5 nitrogen and oxygen atoms in total. The van der Waals surface area contributed by atoms with E-state index in [4.69, 9.17) is 0 Å². The van der Waals surface area contributed by atoms with Gasteiger partial charge in [-0.15, -0.1) is 0 Å². The van der Waals surface area contributed by atoms with Crippen molar-refractivity contribution in [2.45, 2.75) is 96.0 Å². The third-order valence-electron chi connectivity index (χ3n) is 7.63. The third-order valence-corrected chi connectivity index (χ3v) is 9.71. The smallest absolute Gasteiger partial charge is 1.00 e. The molecule has 0 aromatic heterocycles. The molecule has 8 heteroatoms. The maximum absolute atomic E-state index is 13.4. The van der Waals surface area contributed by atoms with Crippen LogP contribution in [0.1, 0.15) is 88.6 Å². The molecule has 2 aromatic carbocycles. The zero-order chi connectivity index (χ0) is 29.1. The molecule has 3 rings (SSSR count). The maximum Gasteiger partial charge on any atom is 1.00 e. The Hall–Kier alpha value is -1.36. The van der Waals surface area contributed by atoms with Crippen molar-refractivity contribution < 1.29 is 35.0 Å². The normalized spacial score (nSPS) is 15.5. The molecule has 1 saturated carbocycles. The summed E-state index contributed by atoms with van der Waals surface area (Å²) in [5.41, 5.74) is 4.55. The van der Waals surface area contributed by atoms with Crippen LogP contribution in [0.5, 0.6) is 0 Å². The summed E-state index contributed by atoms with van der Waals surface area (Å²) in [6.07, 6.45) is 10.3. The molecule has 1 unspecified atom stereocenters. The van der Waals surface area contributed by atoms with Crippen molar-refractivity contribution >= 4 is 35.4 Å². The number of rotatable bonds is 14. The minimum atomic E-state index is -1.00. The van der Waals surface area contributed by atoms with Crippen LogP contribution in [0.3, 0.4) is 0 Å². The van der Waals surface area contributed by atoms with Crippen LogP contribution in [-0.2, 0) is 11.3 Å². The second-order valence-corrected chi connectivity index (χ2v) is 14.9. The van der Waals surface area contributed by atoms with Gasteiger partial charge in [-0.25, -0.2) is 4.79 Å². The molecule has 0 heterocycles. The fourth-order valence-electron chi connectivity index (χ4n) is 5.37. The third kappa shape index (κ3) is 12.0. The molecule has 41 heavy (non-hydrogen) atoms. The van der Waals surface area contributed by atoms with Crippen LogP contribution in [0.4, 0.5) is 0 Å². The quantitative estimate of drug-likeness (QED) is 0.277. The Kier molecular flexibility index (Phi) is 15.5. The van der Waals surface area contributed by atoms with Crippen LogP contribution in [0.15, 0.2) is 42.5 Å². The van der Waals surface area contributed by atoms with Gasteiger partial charge in [-0.2, -0.15) is 23.5 Å². The summed E-state index contributed by atoms with van der Waals surface area (Å²) >= 11 is 3.60. The van der Waals surface area contributed by atoms with Gasteiger partial charge in [0.15, 0.2) is 0 Å². The summed E-state index contributed by atoms with van der Waals surface area (Å²) in [5.74, 6) is 1.20. The van der Waals surface area contributed by atoms with E-state index in [0.29, 0.717) is 23.8 Å². The number of nitrogens with one attached hydrogen (secondary N) is 2. The van der Waals surface area contributed by atoms with Gasteiger partial charge in [0.05, 0.1) is 0 Å². The van der Waals surface area contributed by atoms with Gasteiger partial charge < -0.3 is 17.2 Å². The molecule has 222 valence electrons. The van der Waals surface area contributed by atoms with Crippen LogP contribution >= 0.6 is 23.5 Å². The van der Waals surface area contributed by atoms with Gasteiger partial charge in [0, 0.05) is 28.6 Å². The maximum atomic E-state index is 13.4. The molecule has 3 N–H and O–H groups in total. The first-order chi connectivity index (χ1) is 19.1. The van der Waals surface area contributed by atoms with E-state index in [2.05, 4.69) is 37.5 Å². The van der Waals surface area contributed by atoms with Crippen LogP contribution in [0.2, 0.25) is 0 Å². The average Bonchev–Trinajstić information content (AvgIpc) is 2.92. The molecular weight excluding hydrogens is 543 g/mol. The average molecular weight is 593 g/mol. The Labute approximate surface area is 269 Å². The second kappa shape index (κ2) is 17.7. The number of hydrogen-bond acceptors (Lipinski definition) is 5. The molecule has 1 fully saturated rings. The first-order valence-electron chi connectivity index (χ1n) is 14.7. The second-order valence-electron chi connectivity index (χ2n) is 12.1. The number of amides is 1. The van der Waals surface area contributed by atoms with Gasteiger partial charge in [-0.1, -0.05) is 83.2 Å². The van der Waals surface area contributed by atoms with E-state index in [-0.39, 0.29) is 30.9 Å². The van der Waals surface area contributed by atoms with E-state index < -0.39 is 12.0 Å². The molecule has 1 aliphatic rings. The van der Waals surface area contributed by atoms with Gasteiger partial charge in [0.1, 0.15) is 6.04 Å². The number of thioether (sulfide) groups is 2. The van der Waals surface area contributed by atoms with Crippen LogP contribution in [-0.4, -0.2) is 51.6 Å². The Morgan fingerprint density at radius 3 is 2.41 bits per heavy atom. The zero-order valence-electron chi connectivity index (χ0n) is 26.9. The van der Waals surface area contributed by atoms with E-state index in [1.165, 1.54) is 38.5 Å². The van der Waals surface area contributed by atoms with E-state index in [1.807, 2.05) is 61.3 Å². The van der Waals surface area contributed by atoms with Crippen molar-refractivity contribution in [1.29, 1.82) is 0 Å². The summed E-state index contributed by atoms with van der Waals surface area (Å²) < 4.78 is 0.225. The van der Waals surface area contributed by atoms with Gasteiger partial charge >= 0.3 is 24.8 Å². The monoisotopic (exact) mass is 592 g/mol. The Morgan fingerprint density at radius 2 is 1.78 bits per heavy atom. The summed E-state index contributed by atoms with van der Waals surface area (Å²) in [5, 5.41) is 16.3. The van der Waals surface area contributed by atoms with Gasteiger partial charge in [0.25, 0.3) is 5.91 Å². The number of carboxylic acids is 1. The minimum Gasteiger partial charge on any atom is -1.00 e. The molecular formula is C33H49LiN2O3S2. The number of aryl methyl sites for hydroxylation is 1. The molecule has 0 aliphatic heterocycles. The molecule has 0 saturated heterocycles. The summed E-state index contributed by atoms with van der Waals surface area (Å²) in [6.45, 7) is 9.62. The van der Waals surface area contributed by atoms with Crippen molar-refractivity contribution in [2.24, 2.45) is 5.92 Å². The number of carboxylic acid groups (broad SMARTS) is 1. The van der Waals surface area contributed by atoms with Crippen molar-refractivity contribution in [3.8, 4) is 11.1 Å². The van der Waals surface area contributed by atoms with Crippen LogP contribution in [0.25, 0.3) is 11.1 Å². The zero-order valence-corrected chi connectivity index (χ0v) is 27.6. The number of hydrogen-bond donors (Lipinski definition) is 3. The van der Waals surface area contributed by atoms with Gasteiger partial charge in [-0.3, -0.25) is 4.79 Å². The standard InChI is InChI=1S/C33H48N2O3S2.Li.H/c1-23-11-9-10-14-27(23)29-20-25(15-16-28(29)31(36)35-30(32(37)38)17-18-39-5)21-34-26(22-40-33(2,3)4)19-24-12-7-6-8-13-24;;/h9-11,14-16,20,24,26,30,34H,6-8,12-13,17-19,21-22H2,1-5H3,(H,35,36)(H,37,38);;/q;+1;-1/t26?,30-;;/m0../s1. The minimum absolute atomic E-state index is 0. The largest absolute Gasteiger partial charge is 1.00 e. The Morgan fingerprint density at radius 1 is 1.07 bits per heavy atom. The predicted octanol–water partition coefficient (Wildman–Crippen LogP) is 4.67. The van der Waals surface area contributed by atoms with Gasteiger partial charge in [-0.05, 0) is 72.1 Å². The SMILES string of the molecule is CSCC[C@H](NC(=O)c1ccc(CNC(CSC(C)(C)C)CC2CCCCC2)cc1-c1ccccc1C)C(=O)O.[H-].[Li+]. The molecule has 0 radical (unpaired) electrons. The predicted molar refractivity (Wildman–Crippen MR) is 174 cm³/mol. The number of aliphatic carboxylic acids is 1. The van der Waals surface area contributed by atoms with E-state index in [0.717, 1.165) is 40.5 Å². The van der Waals surface area contributed by atoms with Crippen molar-refractivity contribution in [3.63, 3.8) is 0 Å². The number of benzene rings is 2. The first-order valence-corrected chi connectivity index (χ1v) is 17.0. The number of carbonyl (C=O) groups is 2. The van der Waals surface area contributed by atoms with Crippen molar-refractivity contribution in [1.82, 2.24) is 10.6 Å². The fraction of sp³-hybridized carbons (Fsp3) is 0.576. The number of carbonyl (C=O) groups excluding carboxylic acids is 1. The molecule has 2 atom stereocenters. The fourth-order valence-corrected chi connectivity index (χ4v) is 6.80. The van der Waals surface area contributed by atoms with E-state index >= 15 is 0 Å². The van der Waals surface area contributed by atoms with Crippen LogP contribution < -0.4 is 29.5 Å². The summed E-state index contributed by atoms with van der Waals surface area (Å²) in [6, 6.07) is 13.6. The Balaban J connectivity index is 0.00000441. The summed E-state index contributed by atoms with van der Waals surface area (Å²) in [7, 11) is 0. The molecule has 1 amide bonds. The molecule has 0 spiro atoms. The first kappa shape index (κ1) is 35.8. The van der Waals surface area contributed by atoms with Gasteiger partial charge in [0.2, 0.25) is 0 Å². The van der Waals surface area contributed by atoms with E-state index in [9.17, 15) is 14.7 Å².